The second-order valence-electron chi connectivity index (χ2n) is 10.3. The maximum Gasteiger partial charge on any atom is 0.233 e. The molecule has 0 amide bonds. The minimum Gasteiger partial charge on any atom is -0.494 e. The predicted molar refractivity (Wildman–Crippen MR) is 134 cm³/mol. The van der Waals surface area contributed by atoms with Gasteiger partial charge in [-0.25, -0.2) is 4.39 Å². The molecule has 0 spiro atoms. The van der Waals surface area contributed by atoms with Crippen molar-refractivity contribution in [1.29, 1.82) is 0 Å². The molecule has 2 aromatic rings. The molecule has 2 heterocycles. The van der Waals surface area contributed by atoms with Gasteiger partial charge in [-0.3, -0.25) is 0 Å². The number of benzene rings is 1. The molecule has 1 aromatic carbocycles. The molecule has 2 fully saturated rings. The number of hydrogen-bond donors (Lipinski definition) is 2. The Bertz CT molecular complexity index is 952. The molecule has 186 valence electrons. The van der Waals surface area contributed by atoms with Crippen molar-refractivity contribution in [3.63, 3.8) is 0 Å². The van der Waals surface area contributed by atoms with Crippen molar-refractivity contribution in [3.05, 3.63) is 24.0 Å². The molecule has 0 unspecified atom stereocenters. The zero-order valence-electron chi connectivity index (χ0n) is 21.0. The average molecular weight is 473 g/mol. The molecular weight excluding hydrogens is 433 g/mol. The number of ether oxygens (including phenoxy) is 1. The fourth-order valence-electron chi connectivity index (χ4n) is 4.93. The van der Waals surface area contributed by atoms with Crippen LogP contribution in [0.3, 0.4) is 0 Å². The molecule has 0 radical (unpaired) electrons. The molecule has 2 aliphatic rings. The molecule has 2 N–H and O–H groups in total. The van der Waals surface area contributed by atoms with Crippen LogP contribution in [0.25, 0.3) is 0 Å². The molecule has 34 heavy (non-hydrogen) atoms. The van der Waals surface area contributed by atoms with E-state index in [9.17, 15) is 4.39 Å². The summed E-state index contributed by atoms with van der Waals surface area (Å²) < 4.78 is 20.3. The van der Waals surface area contributed by atoms with E-state index in [1.165, 1.54) is 38.9 Å². The van der Waals surface area contributed by atoms with Crippen molar-refractivity contribution in [1.82, 2.24) is 15.0 Å². The zero-order chi connectivity index (χ0) is 24.1. The van der Waals surface area contributed by atoms with Gasteiger partial charge in [0.05, 0.1) is 34.3 Å². The Labute approximate surface area is 202 Å². The predicted octanol–water partition coefficient (Wildman–Crippen LogP) is 4.57. The van der Waals surface area contributed by atoms with Crippen molar-refractivity contribution in [2.24, 2.45) is 0 Å². The standard InChI is InChI=1S/C25H39FN7O/c1-32(20-13-15-33(2,3)16-14-20)25-30-23(27-18-9-7-5-6-8-10-18)29-24(31-25)28-19-11-12-22(34-4)21(26)17-19/h11-12,17-18,20H,5-10,13-16H2,1-4H3,(H2,27,28,29,30,31)/q+1. The molecule has 0 atom stereocenters. The number of likely N-dealkylation sites (tertiary alicyclic amines) is 1. The quantitative estimate of drug-likeness (QED) is 0.451. The Morgan fingerprint density at radius 2 is 1.65 bits per heavy atom. The number of methoxy groups -OCH3 is 1. The highest BCUT2D eigenvalue weighted by Crippen LogP contribution is 2.27. The van der Waals surface area contributed by atoms with E-state index in [2.05, 4.69) is 41.7 Å². The SMILES string of the molecule is COc1ccc(Nc2nc(NC3CCCCCC3)nc(N(C)C3CC[N+](C)(C)CC3)n2)cc1F. The van der Waals surface area contributed by atoms with E-state index in [0.717, 1.165) is 43.3 Å². The Morgan fingerprint density at radius 3 is 2.29 bits per heavy atom. The first-order valence-corrected chi connectivity index (χ1v) is 12.5. The van der Waals surface area contributed by atoms with Gasteiger partial charge in [-0.05, 0) is 25.0 Å². The topological polar surface area (TPSA) is 75.2 Å². The molecule has 1 aliphatic carbocycles. The average Bonchev–Trinajstić information content (AvgIpc) is 3.07. The van der Waals surface area contributed by atoms with Crippen molar-refractivity contribution in [2.45, 2.75) is 63.5 Å². The van der Waals surface area contributed by atoms with Crippen LogP contribution in [-0.2, 0) is 0 Å². The van der Waals surface area contributed by atoms with E-state index in [-0.39, 0.29) is 5.75 Å². The van der Waals surface area contributed by atoms with Gasteiger partial charge in [0.1, 0.15) is 0 Å². The second kappa shape index (κ2) is 10.7. The maximum atomic E-state index is 14.3. The Kier molecular flexibility index (Phi) is 7.70. The molecule has 4 rings (SSSR count). The smallest absolute Gasteiger partial charge is 0.233 e. The third-order valence-electron chi connectivity index (χ3n) is 7.22. The number of anilines is 4. The van der Waals surface area contributed by atoms with Gasteiger partial charge in [0.2, 0.25) is 17.8 Å². The fourth-order valence-corrected chi connectivity index (χ4v) is 4.93. The first kappa shape index (κ1) is 24.4. The van der Waals surface area contributed by atoms with Crippen LogP contribution in [0, 0.1) is 5.82 Å². The second-order valence-corrected chi connectivity index (χ2v) is 10.3. The molecule has 1 aromatic heterocycles. The number of aromatic nitrogens is 3. The van der Waals surface area contributed by atoms with Crippen LogP contribution >= 0.6 is 0 Å². The zero-order valence-corrected chi connectivity index (χ0v) is 21.0. The monoisotopic (exact) mass is 472 g/mol. The highest BCUT2D eigenvalue weighted by Gasteiger charge is 2.30. The van der Waals surface area contributed by atoms with Gasteiger partial charge in [0, 0.05) is 43.7 Å². The van der Waals surface area contributed by atoms with Crippen LogP contribution < -0.4 is 20.3 Å². The third kappa shape index (κ3) is 6.25. The maximum absolute atomic E-state index is 14.3. The van der Waals surface area contributed by atoms with Gasteiger partial charge < -0.3 is 24.8 Å². The Balaban J connectivity index is 1.58. The third-order valence-corrected chi connectivity index (χ3v) is 7.22. The van der Waals surface area contributed by atoms with Gasteiger partial charge in [0.15, 0.2) is 11.6 Å². The summed E-state index contributed by atoms with van der Waals surface area (Å²) in [6.45, 7) is 2.26. The van der Waals surface area contributed by atoms with Crippen molar-refractivity contribution in [3.8, 4) is 5.75 Å². The molecule has 1 saturated carbocycles. The number of hydrogen-bond acceptors (Lipinski definition) is 7. The largest absolute Gasteiger partial charge is 0.494 e. The lowest BCUT2D eigenvalue weighted by Gasteiger charge is -2.40. The first-order chi connectivity index (χ1) is 16.3. The molecule has 0 bridgehead atoms. The normalized spacial score (nSPS) is 19.3. The van der Waals surface area contributed by atoms with Gasteiger partial charge >= 0.3 is 0 Å². The van der Waals surface area contributed by atoms with Crippen LogP contribution in [0.1, 0.15) is 51.4 Å². The van der Waals surface area contributed by atoms with E-state index < -0.39 is 5.82 Å². The van der Waals surface area contributed by atoms with Crippen molar-refractivity contribution in [2.75, 3.05) is 56.9 Å². The summed E-state index contributed by atoms with van der Waals surface area (Å²) in [5, 5.41) is 6.73. The lowest BCUT2D eigenvalue weighted by molar-refractivity contribution is -0.895. The van der Waals surface area contributed by atoms with Crippen LogP contribution in [0.4, 0.5) is 27.9 Å². The fraction of sp³-hybridized carbons (Fsp3) is 0.640. The number of nitrogens with zero attached hydrogens (tertiary/aromatic N) is 5. The minimum atomic E-state index is -0.432. The molecule has 8 nitrogen and oxygen atoms in total. The number of piperidine rings is 1. The van der Waals surface area contributed by atoms with Crippen LogP contribution in [0.15, 0.2) is 18.2 Å². The molecule has 1 saturated heterocycles. The summed E-state index contributed by atoms with van der Waals surface area (Å²) >= 11 is 0. The lowest BCUT2D eigenvalue weighted by atomic mass is 10.0. The number of rotatable bonds is 7. The van der Waals surface area contributed by atoms with E-state index in [0.29, 0.717) is 35.6 Å². The number of nitrogens with one attached hydrogen (secondary N) is 2. The molecule has 1 aliphatic heterocycles. The van der Waals surface area contributed by atoms with Crippen molar-refractivity contribution >= 4 is 23.5 Å². The van der Waals surface area contributed by atoms with Gasteiger partial charge in [-0.15, -0.1) is 0 Å². The summed E-state index contributed by atoms with van der Waals surface area (Å²) in [5.41, 5.74) is 0.565. The summed E-state index contributed by atoms with van der Waals surface area (Å²) in [7, 11) is 8.09. The van der Waals surface area contributed by atoms with E-state index in [1.54, 1.807) is 12.1 Å². The highest BCUT2D eigenvalue weighted by atomic mass is 19.1. The summed E-state index contributed by atoms with van der Waals surface area (Å²) in [6.07, 6.45) is 9.45. The van der Waals surface area contributed by atoms with Crippen molar-refractivity contribution < 1.29 is 13.6 Å². The summed E-state index contributed by atoms with van der Waals surface area (Å²) in [6, 6.07) is 5.49. The van der Waals surface area contributed by atoms with E-state index >= 15 is 0 Å². The Morgan fingerprint density at radius 1 is 0.971 bits per heavy atom. The lowest BCUT2D eigenvalue weighted by Crippen LogP contribution is -2.51. The van der Waals surface area contributed by atoms with Crippen LogP contribution in [0.5, 0.6) is 5.75 Å². The minimum absolute atomic E-state index is 0.205. The number of halogens is 1. The van der Waals surface area contributed by atoms with E-state index in [4.69, 9.17) is 14.7 Å². The van der Waals surface area contributed by atoms with Crippen LogP contribution in [-0.4, -0.2) is 72.9 Å². The first-order valence-electron chi connectivity index (χ1n) is 12.5. The Hall–Kier alpha value is -2.68. The van der Waals surface area contributed by atoms with Gasteiger partial charge in [-0.2, -0.15) is 15.0 Å². The van der Waals surface area contributed by atoms with Crippen LogP contribution in [0.2, 0.25) is 0 Å². The highest BCUT2D eigenvalue weighted by molar-refractivity contribution is 5.57. The van der Waals surface area contributed by atoms with Gasteiger partial charge in [0.25, 0.3) is 0 Å². The summed E-state index contributed by atoms with van der Waals surface area (Å²) in [5.74, 6) is 1.39. The molecule has 9 heteroatoms. The van der Waals surface area contributed by atoms with E-state index in [1.807, 2.05) is 0 Å². The summed E-state index contributed by atoms with van der Waals surface area (Å²) in [4.78, 5) is 16.4. The molecular formula is C25H39FN7O+. The van der Waals surface area contributed by atoms with Gasteiger partial charge in [-0.1, -0.05) is 25.7 Å². The number of quaternary nitrogens is 1.